The number of carbonyl (C=O) groups excluding carboxylic acids is 2. The molecule has 7 nitrogen and oxygen atoms in total. The molecule has 0 N–H and O–H groups in total. The maximum Gasteiger partial charge on any atom is 0.266 e. The number of para-hydroxylation sites is 1. The Labute approximate surface area is 228 Å². The Balaban J connectivity index is 1.35. The maximum atomic E-state index is 13.8. The molecule has 192 valence electrons. The second kappa shape index (κ2) is 10.1. The molecule has 2 aliphatic rings. The van der Waals surface area contributed by atoms with Crippen LogP contribution in [-0.4, -0.2) is 24.5 Å². The van der Waals surface area contributed by atoms with Crippen LogP contribution >= 0.6 is 15.9 Å². The van der Waals surface area contributed by atoms with Crippen LogP contribution in [0.15, 0.2) is 99.9 Å². The summed E-state index contributed by atoms with van der Waals surface area (Å²) < 4.78 is 12.9. The Hall–Kier alpha value is -3.88. The monoisotopic (exact) mass is 572 g/mol. The fourth-order valence-electron chi connectivity index (χ4n) is 4.95. The lowest BCUT2D eigenvalue weighted by Gasteiger charge is -2.27. The van der Waals surface area contributed by atoms with Crippen LogP contribution in [0.4, 0.5) is 11.4 Å². The average Bonchev–Trinajstić information content (AvgIpc) is 3.64. The van der Waals surface area contributed by atoms with E-state index in [1.54, 1.807) is 29.3 Å². The number of nitrogens with zero attached hydrogens (tertiary/aromatic N) is 2. The van der Waals surface area contributed by atoms with Gasteiger partial charge in [-0.3, -0.25) is 14.4 Å². The molecule has 3 atom stereocenters. The fourth-order valence-corrected chi connectivity index (χ4v) is 5.21. The molecule has 0 radical (unpaired) electrons. The number of imide groups is 1. The van der Waals surface area contributed by atoms with E-state index < -0.39 is 24.0 Å². The maximum absolute atomic E-state index is 13.8. The summed E-state index contributed by atoms with van der Waals surface area (Å²) in [5.74, 6) is 0.404. The summed E-state index contributed by atoms with van der Waals surface area (Å²) in [5, 5.41) is 1.63. The van der Waals surface area contributed by atoms with Crippen molar-refractivity contribution in [2.45, 2.75) is 25.5 Å². The highest BCUT2D eigenvalue weighted by Crippen LogP contribution is 2.48. The minimum absolute atomic E-state index is 0.327. The van der Waals surface area contributed by atoms with Gasteiger partial charge in [0, 0.05) is 10.0 Å². The van der Waals surface area contributed by atoms with Crippen LogP contribution in [0, 0.1) is 5.92 Å². The number of hydrogen-bond donors (Lipinski definition) is 0. The topological polar surface area (TPSA) is 72.2 Å². The van der Waals surface area contributed by atoms with Crippen molar-refractivity contribution in [2.75, 3.05) is 16.6 Å². The van der Waals surface area contributed by atoms with Gasteiger partial charge in [0.25, 0.3) is 5.91 Å². The van der Waals surface area contributed by atoms with E-state index in [0.29, 0.717) is 29.6 Å². The van der Waals surface area contributed by atoms with Gasteiger partial charge in [-0.1, -0.05) is 53.2 Å². The third-order valence-electron chi connectivity index (χ3n) is 6.74. The predicted molar refractivity (Wildman–Crippen MR) is 147 cm³/mol. The van der Waals surface area contributed by atoms with E-state index in [2.05, 4.69) is 15.9 Å². The number of hydroxylamine groups is 1. The smallest absolute Gasteiger partial charge is 0.266 e. The van der Waals surface area contributed by atoms with Gasteiger partial charge in [0.1, 0.15) is 29.2 Å². The molecular weight excluding hydrogens is 548 g/mol. The van der Waals surface area contributed by atoms with Crippen molar-refractivity contribution >= 4 is 39.1 Å². The van der Waals surface area contributed by atoms with E-state index in [1.807, 2.05) is 73.7 Å². The molecule has 0 aliphatic carbocycles. The van der Waals surface area contributed by atoms with Crippen molar-refractivity contribution in [2.24, 2.45) is 5.92 Å². The summed E-state index contributed by atoms with van der Waals surface area (Å²) in [6, 6.07) is 27.3. The number of halogens is 1. The molecule has 2 aliphatic heterocycles. The first-order valence-electron chi connectivity index (χ1n) is 12.5. The fraction of sp³-hybridized carbons (Fsp3) is 0.200. The predicted octanol–water partition coefficient (Wildman–Crippen LogP) is 6.55. The van der Waals surface area contributed by atoms with Crippen LogP contribution in [-0.2, 0) is 14.4 Å². The van der Waals surface area contributed by atoms with Gasteiger partial charge >= 0.3 is 0 Å². The average molecular weight is 573 g/mol. The van der Waals surface area contributed by atoms with Crippen molar-refractivity contribution in [3.05, 3.63) is 101 Å². The highest BCUT2D eigenvalue weighted by molar-refractivity contribution is 9.10. The third-order valence-corrected chi connectivity index (χ3v) is 7.27. The van der Waals surface area contributed by atoms with Crippen LogP contribution in [0.25, 0.3) is 11.3 Å². The van der Waals surface area contributed by atoms with E-state index in [0.717, 1.165) is 22.1 Å². The number of amides is 2. The number of fused-ring (bicyclic) bond motifs is 1. The van der Waals surface area contributed by atoms with Gasteiger partial charge in [-0.25, -0.2) is 9.96 Å². The second-order valence-corrected chi connectivity index (χ2v) is 10.1. The number of hydrogen-bond acceptors (Lipinski definition) is 6. The second-order valence-electron chi connectivity index (χ2n) is 9.22. The summed E-state index contributed by atoms with van der Waals surface area (Å²) in [5.41, 5.74) is 2.13. The summed E-state index contributed by atoms with van der Waals surface area (Å²) in [4.78, 5) is 34.8. The van der Waals surface area contributed by atoms with E-state index in [4.69, 9.17) is 14.0 Å². The Kier molecular flexibility index (Phi) is 6.51. The highest BCUT2D eigenvalue weighted by Gasteiger charge is 2.61. The van der Waals surface area contributed by atoms with Gasteiger partial charge in [0.15, 0.2) is 6.10 Å². The molecule has 6 rings (SSSR count). The summed E-state index contributed by atoms with van der Waals surface area (Å²) >= 11 is 3.46. The molecule has 8 heteroatoms. The molecule has 0 spiro atoms. The van der Waals surface area contributed by atoms with Gasteiger partial charge in [0.2, 0.25) is 5.91 Å². The molecular formula is C30H25BrN2O5. The van der Waals surface area contributed by atoms with Gasteiger partial charge in [-0.15, -0.1) is 0 Å². The lowest BCUT2D eigenvalue weighted by atomic mass is 9.94. The van der Waals surface area contributed by atoms with Gasteiger partial charge in [-0.2, -0.15) is 0 Å². The minimum atomic E-state index is -0.968. The molecule has 1 aromatic heterocycles. The van der Waals surface area contributed by atoms with Crippen molar-refractivity contribution < 1.29 is 23.6 Å². The van der Waals surface area contributed by atoms with E-state index in [-0.39, 0.29) is 5.91 Å². The molecule has 3 heterocycles. The molecule has 4 aromatic rings. The molecule has 2 saturated heterocycles. The van der Waals surface area contributed by atoms with Gasteiger partial charge in [0.05, 0.1) is 18.0 Å². The highest BCUT2D eigenvalue weighted by atomic mass is 79.9. The number of ether oxygens (including phenoxy) is 1. The van der Waals surface area contributed by atoms with Crippen molar-refractivity contribution in [1.29, 1.82) is 0 Å². The van der Waals surface area contributed by atoms with Crippen LogP contribution in [0.1, 0.15) is 25.1 Å². The van der Waals surface area contributed by atoms with Gasteiger partial charge < -0.3 is 9.15 Å². The molecule has 0 bridgehead atoms. The first-order valence-corrected chi connectivity index (χ1v) is 13.3. The Morgan fingerprint density at radius 3 is 2.29 bits per heavy atom. The van der Waals surface area contributed by atoms with Crippen molar-refractivity contribution in [3.8, 4) is 17.1 Å². The first-order chi connectivity index (χ1) is 18.5. The number of furan rings is 1. The first kappa shape index (κ1) is 24.5. The van der Waals surface area contributed by atoms with E-state index in [9.17, 15) is 9.59 Å². The lowest BCUT2D eigenvalue weighted by molar-refractivity contribution is -0.126. The summed E-state index contributed by atoms with van der Waals surface area (Å²) in [6.07, 6.45) is -0.0776. The SMILES string of the molecule is CCCOc1ccc(N2C(=O)[C@H]3[C@H](ON(c4ccccc4)[C@H]3c3ccc(-c4ccc(Br)cc4)o3)C2=O)cc1. The van der Waals surface area contributed by atoms with E-state index in [1.165, 1.54) is 4.90 Å². The van der Waals surface area contributed by atoms with Crippen LogP contribution in [0.5, 0.6) is 5.75 Å². The third kappa shape index (κ3) is 4.29. The van der Waals surface area contributed by atoms with Gasteiger partial charge in [-0.05, 0) is 67.1 Å². The lowest BCUT2D eigenvalue weighted by Crippen LogP contribution is -2.37. The number of carbonyl (C=O) groups is 2. The van der Waals surface area contributed by atoms with E-state index >= 15 is 0 Å². The zero-order valence-electron chi connectivity index (χ0n) is 20.6. The Bertz CT molecular complexity index is 1450. The quantitative estimate of drug-likeness (QED) is 0.234. The van der Waals surface area contributed by atoms with Crippen LogP contribution < -0.4 is 14.7 Å². The number of rotatable bonds is 7. The minimum Gasteiger partial charge on any atom is -0.494 e. The number of benzene rings is 3. The zero-order valence-corrected chi connectivity index (χ0v) is 22.2. The Morgan fingerprint density at radius 1 is 0.842 bits per heavy atom. The summed E-state index contributed by atoms with van der Waals surface area (Å²) in [6.45, 7) is 2.63. The summed E-state index contributed by atoms with van der Waals surface area (Å²) in [7, 11) is 0. The molecule has 3 aromatic carbocycles. The van der Waals surface area contributed by atoms with Crippen molar-refractivity contribution in [3.63, 3.8) is 0 Å². The van der Waals surface area contributed by atoms with Crippen LogP contribution in [0.2, 0.25) is 0 Å². The largest absolute Gasteiger partial charge is 0.494 e. The Morgan fingerprint density at radius 2 is 1.58 bits per heavy atom. The molecule has 38 heavy (non-hydrogen) atoms. The van der Waals surface area contributed by atoms with Crippen LogP contribution in [0.3, 0.4) is 0 Å². The van der Waals surface area contributed by atoms with Crippen molar-refractivity contribution in [1.82, 2.24) is 0 Å². The molecule has 0 unspecified atom stereocenters. The standard InChI is InChI=1S/C30H25BrN2O5/c1-2-18-36-23-14-12-21(13-15-23)32-29(34)26-27(25-17-16-24(37-25)19-8-10-20(31)11-9-19)33(38-28(26)30(32)35)22-6-4-3-5-7-22/h3-17,26-28H,2,18H2,1H3/t26-,27+,28+/m1/s1. The zero-order chi connectivity index (χ0) is 26.2. The molecule has 2 fully saturated rings. The molecule has 2 amide bonds. The normalized spacial score (nSPS) is 20.7. The molecule has 0 saturated carbocycles. The number of anilines is 2.